The zero-order valence-electron chi connectivity index (χ0n) is 19.7. The molecule has 1 unspecified atom stereocenters. The number of hydrogen-bond donors (Lipinski definition) is 1. The summed E-state index contributed by atoms with van der Waals surface area (Å²) in [5.41, 5.74) is 1.88. The molecule has 2 amide bonds. The van der Waals surface area contributed by atoms with E-state index in [2.05, 4.69) is 11.4 Å². The number of nitrogens with zero attached hydrogens (tertiary/aromatic N) is 1. The first-order valence-corrected chi connectivity index (χ1v) is 11.9. The summed E-state index contributed by atoms with van der Waals surface area (Å²) in [7, 11) is 3.47. The van der Waals surface area contributed by atoms with Crippen LogP contribution in [0.2, 0.25) is 0 Å². The van der Waals surface area contributed by atoms with E-state index in [1.165, 1.54) is 19.3 Å². The fourth-order valence-electron chi connectivity index (χ4n) is 6.80. The van der Waals surface area contributed by atoms with E-state index in [9.17, 15) is 9.59 Å². The minimum atomic E-state index is -0.499. The summed E-state index contributed by atoms with van der Waals surface area (Å²) in [5, 5.41) is 3.22. The second-order valence-corrected chi connectivity index (χ2v) is 10.9. The Labute approximate surface area is 186 Å². The predicted molar refractivity (Wildman–Crippen MR) is 122 cm³/mol. The number of nitrogens with one attached hydrogen (secondary N) is 1. The van der Waals surface area contributed by atoms with Gasteiger partial charge >= 0.3 is 0 Å². The van der Waals surface area contributed by atoms with Crippen molar-refractivity contribution in [3.8, 4) is 5.75 Å². The van der Waals surface area contributed by atoms with Crippen molar-refractivity contribution >= 4 is 11.8 Å². The monoisotopic (exact) mass is 426 g/mol. The van der Waals surface area contributed by atoms with Crippen LogP contribution in [0, 0.1) is 36.0 Å². The SMILES string of the molecule is COc1ccc(C)cc1CN(C)C(=O)C(NC(=O)C12CC3CC(CC(C3)C1)C2)C(C)C. The molecule has 31 heavy (non-hydrogen) atoms. The molecule has 0 spiro atoms. The first-order chi connectivity index (χ1) is 14.7. The lowest BCUT2D eigenvalue weighted by atomic mass is 9.49. The molecule has 4 bridgehead atoms. The van der Waals surface area contributed by atoms with Crippen molar-refractivity contribution < 1.29 is 14.3 Å². The molecule has 0 radical (unpaired) electrons. The van der Waals surface area contributed by atoms with Crippen LogP contribution in [-0.2, 0) is 16.1 Å². The lowest BCUT2D eigenvalue weighted by Crippen LogP contribution is -2.58. The molecule has 1 N–H and O–H groups in total. The smallest absolute Gasteiger partial charge is 0.245 e. The lowest BCUT2D eigenvalue weighted by Gasteiger charge is -2.56. The van der Waals surface area contributed by atoms with Crippen molar-refractivity contribution in [3.63, 3.8) is 0 Å². The Morgan fingerprint density at radius 3 is 2.23 bits per heavy atom. The number of rotatable bonds is 7. The normalized spacial score (nSPS) is 29.7. The van der Waals surface area contributed by atoms with E-state index >= 15 is 0 Å². The van der Waals surface area contributed by atoms with Gasteiger partial charge in [0.2, 0.25) is 11.8 Å². The molecule has 0 heterocycles. The molecule has 5 rings (SSSR count). The average Bonchev–Trinajstić information content (AvgIpc) is 2.70. The first-order valence-electron chi connectivity index (χ1n) is 11.9. The predicted octanol–water partition coefficient (Wildman–Crippen LogP) is 4.32. The number of likely N-dealkylation sites (N-methyl/N-ethyl adjacent to an activating group) is 1. The summed E-state index contributed by atoms with van der Waals surface area (Å²) >= 11 is 0. The first kappa shape index (κ1) is 22.2. The highest BCUT2D eigenvalue weighted by Crippen LogP contribution is 2.60. The molecule has 0 saturated heterocycles. The van der Waals surface area contributed by atoms with Gasteiger partial charge in [-0.15, -0.1) is 0 Å². The summed E-state index contributed by atoms with van der Waals surface area (Å²) in [5.74, 6) is 3.04. The molecule has 170 valence electrons. The van der Waals surface area contributed by atoms with Gasteiger partial charge in [0.15, 0.2) is 0 Å². The summed E-state index contributed by atoms with van der Waals surface area (Å²) in [6.45, 7) is 6.53. The number of benzene rings is 1. The molecular weight excluding hydrogens is 388 g/mol. The fourth-order valence-corrected chi connectivity index (χ4v) is 6.80. The van der Waals surface area contributed by atoms with Crippen LogP contribution in [-0.4, -0.2) is 36.9 Å². The third-order valence-electron chi connectivity index (χ3n) is 7.96. The number of hydrogen-bond acceptors (Lipinski definition) is 3. The number of methoxy groups -OCH3 is 1. The zero-order valence-corrected chi connectivity index (χ0v) is 19.7. The van der Waals surface area contributed by atoms with E-state index in [0.717, 1.165) is 36.1 Å². The number of ether oxygens (including phenoxy) is 1. The van der Waals surface area contributed by atoms with Gasteiger partial charge in [-0.3, -0.25) is 9.59 Å². The van der Waals surface area contributed by atoms with Gasteiger partial charge in [0, 0.05) is 24.6 Å². The Morgan fingerprint density at radius 2 is 1.71 bits per heavy atom. The van der Waals surface area contributed by atoms with E-state index in [1.807, 2.05) is 40.0 Å². The minimum Gasteiger partial charge on any atom is -0.496 e. The fraction of sp³-hybridized carbons (Fsp3) is 0.692. The number of aryl methyl sites for hydroxylation is 1. The highest BCUT2D eigenvalue weighted by molar-refractivity contribution is 5.90. The average molecular weight is 427 g/mol. The molecule has 1 aromatic carbocycles. The van der Waals surface area contributed by atoms with Gasteiger partial charge in [-0.25, -0.2) is 0 Å². The van der Waals surface area contributed by atoms with Crippen molar-refractivity contribution in [2.75, 3.05) is 14.2 Å². The molecule has 4 fully saturated rings. The van der Waals surface area contributed by atoms with Gasteiger partial charge in [0.05, 0.1) is 7.11 Å². The topological polar surface area (TPSA) is 58.6 Å². The summed E-state index contributed by atoms with van der Waals surface area (Å²) in [4.78, 5) is 28.7. The largest absolute Gasteiger partial charge is 0.496 e. The van der Waals surface area contributed by atoms with Crippen LogP contribution in [0.3, 0.4) is 0 Å². The molecule has 4 aliphatic rings. The minimum absolute atomic E-state index is 0.0309. The third-order valence-corrected chi connectivity index (χ3v) is 7.96. The Hall–Kier alpha value is -2.04. The molecule has 1 atom stereocenters. The van der Waals surface area contributed by atoms with Crippen molar-refractivity contribution in [2.24, 2.45) is 29.1 Å². The molecule has 5 heteroatoms. The van der Waals surface area contributed by atoms with E-state index in [-0.39, 0.29) is 23.1 Å². The van der Waals surface area contributed by atoms with Crippen molar-refractivity contribution in [3.05, 3.63) is 29.3 Å². The highest BCUT2D eigenvalue weighted by Gasteiger charge is 2.55. The summed E-state index contributed by atoms with van der Waals surface area (Å²) in [6.07, 6.45) is 6.96. The quantitative estimate of drug-likeness (QED) is 0.706. The zero-order chi connectivity index (χ0) is 22.3. The van der Waals surface area contributed by atoms with Gasteiger partial charge in [-0.1, -0.05) is 31.5 Å². The van der Waals surface area contributed by atoms with E-state index in [4.69, 9.17) is 4.74 Å². The molecule has 1 aromatic rings. The molecule has 0 aliphatic heterocycles. The second kappa shape index (κ2) is 8.48. The Balaban J connectivity index is 1.47. The maximum absolute atomic E-state index is 13.5. The number of amides is 2. The van der Waals surface area contributed by atoms with Crippen molar-refractivity contribution in [2.45, 2.75) is 71.9 Å². The van der Waals surface area contributed by atoms with Crippen LogP contribution in [0.25, 0.3) is 0 Å². The molecule has 4 aliphatic carbocycles. The summed E-state index contributed by atoms with van der Waals surface area (Å²) < 4.78 is 5.48. The van der Waals surface area contributed by atoms with Crippen LogP contribution in [0.4, 0.5) is 0 Å². The molecule has 5 nitrogen and oxygen atoms in total. The van der Waals surface area contributed by atoms with Gasteiger partial charge in [0.1, 0.15) is 11.8 Å². The molecular formula is C26H38N2O3. The Kier molecular flexibility index (Phi) is 6.06. The molecule has 4 saturated carbocycles. The van der Waals surface area contributed by atoms with Gasteiger partial charge < -0.3 is 15.0 Å². The number of carbonyl (C=O) groups excluding carboxylic acids is 2. The van der Waals surface area contributed by atoms with Gasteiger partial charge in [-0.2, -0.15) is 0 Å². The summed E-state index contributed by atoms with van der Waals surface area (Å²) in [6, 6.07) is 5.51. The maximum atomic E-state index is 13.5. The second-order valence-electron chi connectivity index (χ2n) is 10.9. The third kappa shape index (κ3) is 4.33. The van der Waals surface area contributed by atoms with Crippen LogP contribution in [0.15, 0.2) is 18.2 Å². The van der Waals surface area contributed by atoms with Crippen LogP contribution in [0.1, 0.15) is 63.5 Å². The van der Waals surface area contributed by atoms with Crippen LogP contribution in [0.5, 0.6) is 5.75 Å². The maximum Gasteiger partial charge on any atom is 0.245 e. The van der Waals surface area contributed by atoms with E-state index in [0.29, 0.717) is 24.3 Å². The standard InChI is InChI=1S/C26H38N2O3/c1-16(2)23(24(29)28(4)15-21-8-17(3)6-7-22(21)31-5)27-25(30)26-12-18-9-19(13-26)11-20(10-18)14-26/h6-8,16,18-20,23H,9-15H2,1-5H3,(H,27,30). The Bertz CT molecular complexity index is 812. The van der Waals surface area contributed by atoms with Crippen LogP contribution >= 0.6 is 0 Å². The van der Waals surface area contributed by atoms with Crippen LogP contribution < -0.4 is 10.1 Å². The number of carbonyl (C=O) groups is 2. The van der Waals surface area contributed by atoms with E-state index in [1.54, 1.807) is 12.0 Å². The highest BCUT2D eigenvalue weighted by atomic mass is 16.5. The van der Waals surface area contributed by atoms with Gasteiger partial charge in [0.25, 0.3) is 0 Å². The molecule has 0 aromatic heterocycles. The Morgan fingerprint density at radius 1 is 1.13 bits per heavy atom. The van der Waals surface area contributed by atoms with Crippen molar-refractivity contribution in [1.82, 2.24) is 10.2 Å². The lowest BCUT2D eigenvalue weighted by molar-refractivity contribution is -0.150. The van der Waals surface area contributed by atoms with E-state index < -0.39 is 6.04 Å². The van der Waals surface area contributed by atoms with Crippen molar-refractivity contribution in [1.29, 1.82) is 0 Å². The van der Waals surface area contributed by atoms with Gasteiger partial charge in [-0.05, 0) is 75.2 Å².